The zero-order valence-electron chi connectivity index (χ0n) is 16.7. The Kier molecular flexibility index (Phi) is 5.87. The highest BCUT2D eigenvalue weighted by Crippen LogP contribution is 2.31. The second kappa shape index (κ2) is 8.37. The number of hydrogen-bond donors (Lipinski definition) is 2. The first-order valence-corrected chi connectivity index (χ1v) is 10.7. The van der Waals surface area contributed by atoms with Crippen molar-refractivity contribution in [2.45, 2.75) is 69.1 Å². The summed E-state index contributed by atoms with van der Waals surface area (Å²) in [7, 11) is 1.68. The first-order valence-electron chi connectivity index (χ1n) is 10.7. The number of carbonyl (C=O) groups is 3. The Labute approximate surface area is 166 Å². The van der Waals surface area contributed by atoms with E-state index in [1.54, 1.807) is 7.11 Å². The second-order valence-electron chi connectivity index (χ2n) is 8.70. The Bertz CT molecular complexity index is 623. The minimum absolute atomic E-state index is 0.0322. The topological polar surface area (TPSA) is 91.0 Å². The van der Waals surface area contributed by atoms with Crippen LogP contribution in [0.3, 0.4) is 0 Å². The average Bonchev–Trinajstić information content (AvgIpc) is 3.29. The quantitative estimate of drug-likeness (QED) is 0.630. The Morgan fingerprint density at radius 1 is 1.25 bits per heavy atom. The van der Waals surface area contributed by atoms with E-state index < -0.39 is 0 Å². The summed E-state index contributed by atoms with van der Waals surface area (Å²) in [6.07, 6.45) is 5.90. The van der Waals surface area contributed by atoms with Crippen LogP contribution in [0.4, 0.5) is 0 Å². The fourth-order valence-corrected chi connectivity index (χ4v) is 4.98. The van der Waals surface area contributed by atoms with Crippen LogP contribution in [0.25, 0.3) is 0 Å². The normalized spacial score (nSPS) is 32.9. The molecule has 8 heteroatoms. The molecule has 4 fully saturated rings. The van der Waals surface area contributed by atoms with Crippen LogP contribution in [0.5, 0.6) is 0 Å². The number of carbonyl (C=O) groups excluding carboxylic acids is 3. The van der Waals surface area contributed by atoms with E-state index in [4.69, 9.17) is 4.74 Å². The van der Waals surface area contributed by atoms with Crippen LogP contribution in [0.15, 0.2) is 0 Å². The van der Waals surface area contributed by atoms with Crippen molar-refractivity contribution >= 4 is 17.7 Å². The molecule has 4 unspecified atom stereocenters. The molecule has 28 heavy (non-hydrogen) atoms. The van der Waals surface area contributed by atoms with E-state index in [1.807, 2.05) is 4.90 Å². The van der Waals surface area contributed by atoms with Gasteiger partial charge in [0.2, 0.25) is 17.7 Å². The molecule has 3 amide bonds. The van der Waals surface area contributed by atoms with Gasteiger partial charge in [-0.3, -0.25) is 19.3 Å². The lowest BCUT2D eigenvalue weighted by Gasteiger charge is -2.37. The molecule has 156 valence electrons. The maximum absolute atomic E-state index is 12.7. The van der Waals surface area contributed by atoms with Crippen LogP contribution in [-0.4, -0.2) is 85.0 Å². The zero-order chi connectivity index (χ0) is 19.7. The van der Waals surface area contributed by atoms with Crippen LogP contribution in [0.2, 0.25) is 0 Å². The summed E-state index contributed by atoms with van der Waals surface area (Å²) in [6.45, 7) is 2.69. The third kappa shape index (κ3) is 4.17. The SMILES string of the molecule is COCC1CCCN1C(=O)CCC1CNC(=O)C2CC(NC(=O)C3CC3)CN12. The number of likely N-dealkylation sites (tertiary alicyclic amines) is 1. The molecule has 0 radical (unpaired) electrons. The van der Waals surface area contributed by atoms with Gasteiger partial charge < -0.3 is 20.3 Å². The first kappa shape index (κ1) is 19.6. The lowest BCUT2D eigenvalue weighted by Crippen LogP contribution is -2.58. The minimum Gasteiger partial charge on any atom is -0.383 e. The molecule has 3 aliphatic heterocycles. The van der Waals surface area contributed by atoms with Gasteiger partial charge in [-0.05, 0) is 38.5 Å². The Hall–Kier alpha value is -1.67. The first-order chi connectivity index (χ1) is 13.6. The van der Waals surface area contributed by atoms with E-state index in [1.165, 1.54) is 0 Å². The number of ether oxygens (including phenoxy) is 1. The highest BCUT2D eigenvalue weighted by atomic mass is 16.5. The van der Waals surface area contributed by atoms with Gasteiger partial charge in [-0.25, -0.2) is 0 Å². The minimum atomic E-state index is -0.189. The molecule has 0 aromatic rings. The molecular formula is C20H32N4O4. The highest BCUT2D eigenvalue weighted by Gasteiger charge is 2.44. The summed E-state index contributed by atoms with van der Waals surface area (Å²) in [5.41, 5.74) is 0. The third-order valence-electron chi connectivity index (χ3n) is 6.67. The molecule has 0 bridgehead atoms. The summed E-state index contributed by atoms with van der Waals surface area (Å²) in [5.74, 6) is 0.548. The molecule has 0 aromatic heterocycles. The van der Waals surface area contributed by atoms with Gasteiger partial charge in [0.25, 0.3) is 0 Å². The summed E-state index contributed by atoms with van der Waals surface area (Å²) in [4.78, 5) is 41.3. The number of rotatable bonds is 7. The summed E-state index contributed by atoms with van der Waals surface area (Å²) >= 11 is 0. The van der Waals surface area contributed by atoms with E-state index >= 15 is 0 Å². The standard InChI is InChI=1S/C20H32N4O4/c1-28-12-16-3-2-8-23(16)18(25)7-6-15-10-21-20(27)17-9-14(11-24(15)17)22-19(26)13-4-5-13/h13-17H,2-12H2,1H3,(H,21,27)(H,22,26). The lowest BCUT2D eigenvalue weighted by molar-refractivity contribution is -0.133. The highest BCUT2D eigenvalue weighted by molar-refractivity contribution is 5.84. The Morgan fingerprint density at radius 3 is 2.82 bits per heavy atom. The van der Waals surface area contributed by atoms with Crippen molar-refractivity contribution < 1.29 is 19.1 Å². The third-order valence-corrected chi connectivity index (χ3v) is 6.67. The van der Waals surface area contributed by atoms with E-state index in [2.05, 4.69) is 15.5 Å². The lowest BCUT2D eigenvalue weighted by atomic mass is 10.0. The predicted octanol–water partition coefficient (Wildman–Crippen LogP) is -0.128. The molecule has 1 aliphatic carbocycles. The molecule has 0 spiro atoms. The van der Waals surface area contributed by atoms with Crippen LogP contribution in [-0.2, 0) is 19.1 Å². The van der Waals surface area contributed by atoms with Gasteiger partial charge in [0.1, 0.15) is 0 Å². The van der Waals surface area contributed by atoms with E-state index in [9.17, 15) is 14.4 Å². The summed E-state index contributed by atoms with van der Waals surface area (Å²) in [6, 6.07) is 0.194. The average molecular weight is 393 g/mol. The number of piperazine rings is 1. The fraction of sp³-hybridized carbons (Fsp3) is 0.850. The van der Waals surface area contributed by atoms with Crippen molar-refractivity contribution in [2.24, 2.45) is 5.92 Å². The van der Waals surface area contributed by atoms with Crippen LogP contribution >= 0.6 is 0 Å². The van der Waals surface area contributed by atoms with E-state index in [-0.39, 0.29) is 47.8 Å². The fourth-order valence-electron chi connectivity index (χ4n) is 4.98. The molecule has 0 aromatic carbocycles. The summed E-state index contributed by atoms with van der Waals surface area (Å²) in [5, 5.41) is 6.11. The number of methoxy groups -OCH3 is 1. The van der Waals surface area contributed by atoms with Crippen molar-refractivity contribution in [3.63, 3.8) is 0 Å². The van der Waals surface area contributed by atoms with Crippen LogP contribution in [0, 0.1) is 5.92 Å². The van der Waals surface area contributed by atoms with Gasteiger partial charge in [-0.2, -0.15) is 0 Å². The largest absolute Gasteiger partial charge is 0.383 e. The zero-order valence-corrected chi connectivity index (χ0v) is 16.7. The Morgan fingerprint density at radius 2 is 2.07 bits per heavy atom. The van der Waals surface area contributed by atoms with Crippen molar-refractivity contribution in [2.75, 3.05) is 33.4 Å². The van der Waals surface area contributed by atoms with E-state index in [0.29, 0.717) is 32.5 Å². The number of hydrogen-bond acceptors (Lipinski definition) is 5. The molecule has 3 saturated heterocycles. The molecule has 4 aliphatic rings. The van der Waals surface area contributed by atoms with Crippen molar-refractivity contribution in [1.29, 1.82) is 0 Å². The number of nitrogens with zero attached hydrogens (tertiary/aromatic N) is 2. The van der Waals surface area contributed by atoms with Gasteiger partial charge >= 0.3 is 0 Å². The van der Waals surface area contributed by atoms with Gasteiger partial charge in [0, 0.05) is 51.2 Å². The van der Waals surface area contributed by atoms with Gasteiger partial charge in [0.15, 0.2) is 0 Å². The molecule has 8 nitrogen and oxygen atoms in total. The number of nitrogens with one attached hydrogen (secondary N) is 2. The monoisotopic (exact) mass is 392 g/mol. The molecule has 4 rings (SSSR count). The van der Waals surface area contributed by atoms with Crippen LogP contribution < -0.4 is 10.6 Å². The van der Waals surface area contributed by atoms with Crippen molar-refractivity contribution in [3.05, 3.63) is 0 Å². The van der Waals surface area contributed by atoms with Gasteiger partial charge in [-0.15, -0.1) is 0 Å². The van der Waals surface area contributed by atoms with Crippen molar-refractivity contribution in [1.82, 2.24) is 20.4 Å². The number of fused-ring (bicyclic) bond motifs is 1. The van der Waals surface area contributed by atoms with Crippen molar-refractivity contribution in [3.8, 4) is 0 Å². The summed E-state index contributed by atoms with van der Waals surface area (Å²) < 4.78 is 5.25. The number of amides is 3. The maximum Gasteiger partial charge on any atom is 0.237 e. The van der Waals surface area contributed by atoms with E-state index in [0.717, 1.165) is 38.6 Å². The Balaban J connectivity index is 1.31. The maximum atomic E-state index is 12.7. The van der Waals surface area contributed by atoms with Gasteiger partial charge in [-0.1, -0.05) is 0 Å². The van der Waals surface area contributed by atoms with Gasteiger partial charge in [0.05, 0.1) is 18.7 Å². The smallest absolute Gasteiger partial charge is 0.237 e. The molecule has 2 N–H and O–H groups in total. The predicted molar refractivity (Wildman–Crippen MR) is 102 cm³/mol. The second-order valence-corrected chi connectivity index (χ2v) is 8.70. The van der Waals surface area contributed by atoms with Crippen LogP contribution in [0.1, 0.15) is 44.9 Å². The molecule has 4 atom stereocenters. The molecule has 1 saturated carbocycles. The molecule has 3 heterocycles. The molecular weight excluding hydrogens is 360 g/mol.